The van der Waals surface area contributed by atoms with Crippen molar-refractivity contribution < 1.29 is 4.74 Å². The van der Waals surface area contributed by atoms with E-state index in [0.29, 0.717) is 6.04 Å². The first-order valence-electron chi connectivity index (χ1n) is 5.65. The van der Waals surface area contributed by atoms with Gasteiger partial charge in [0, 0.05) is 11.9 Å². The standard InChI is InChI=1S/C11H18N2OS/c1-2-3-4-11-13-10(8-15-11)9-7-14-6-5-12-9/h8-9,12H,2-7H2,1H3. The second-order valence-corrected chi connectivity index (χ2v) is 4.79. The Bertz CT molecular complexity index is 295. The van der Waals surface area contributed by atoms with Crippen molar-refractivity contribution >= 4 is 11.3 Å². The molecule has 0 saturated carbocycles. The molecule has 0 radical (unpaired) electrons. The summed E-state index contributed by atoms with van der Waals surface area (Å²) in [5.41, 5.74) is 1.16. The van der Waals surface area contributed by atoms with Crippen molar-refractivity contribution in [3.63, 3.8) is 0 Å². The van der Waals surface area contributed by atoms with Crippen LogP contribution in [0.25, 0.3) is 0 Å². The van der Waals surface area contributed by atoms with Gasteiger partial charge in [0.05, 0.1) is 30.0 Å². The van der Waals surface area contributed by atoms with Crippen LogP contribution in [0.3, 0.4) is 0 Å². The Morgan fingerprint density at radius 2 is 2.60 bits per heavy atom. The molecular weight excluding hydrogens is 208 g/mol. The summed E-state index contributed by atoms with van der Waals surface area (Å²) in [7, 11) is 0. The lowest BCUT2D eigenvalue weighted by atomic mass is 10.2. The van der Waals surface area contributed by atoms with Crippen molar-refractivity contribution in [1.82, 2.24) is 10.3 Å². The maximum Gasteiger partial charge on any atom is 0.0928 e. The van der Waals surface area contributed by atoms with Gasteiger partial charge < -0.3 is 10.1 Å². The Balaban J connectivity index is 1.93. The predicted octanol–water partition coefficient (Wildman–Crippen LogP) is 2.15. The molecule has 1 fully saturated rings. The highest BCUT2D eigenvalue weighted by Crippen LogP contribution is 2.19. The van der Waals surface area contributed by atoms with Crippen LogP contribution in [0.4, 0.5) is 0 Å². The second-order valence-electron chi connectivity index (χ2n) is 3.85. The van der Waals surface area contributed by atoms with Crippen molar-refractivity contribution in [3.05, 3.63) is 16.1 Å². The van der Waals surface area contributed by atoms with E-state index in [1.807, 2.05) is 0 Å². The largest absolute Gasteiger partial charge is 0.378 e. The third-order valence-corrected chi connectivity index (χ3v) is 3.52. The summed E-state index contributed by atoms with van der Waals surface area (Å²) in [4.78, 5) is 4.65. The lowest BCUT2D eigenvalue weighted by Crippen LogP contribution is -2.34. The molecule has 1 aliphatic heterocycles. The minimum Gasteiger partial charge on any atom is -0.378 e. The Hall–Kier alpha value is -0.450. The van der Waals surface area contributed by atoms with Crippen LogP contribution in [0.2, 0.25) is 0 Å². The maximum absolute atomic E-state index is 5.43. The van der Waals surface area contributed by atoms with Gasteiger partial charge in [0.2, 0.25) is 0 Å². The van der Waals surface area contributed by atoms with Crippen LogP contribution >= 0.6 is 11.3 Å². The van der Waals surface area contributed by atoms with E-state index in [1.165, 1.54) is 17.8 Å². The summed E-state index contributed by atoms with van der Waals surface area (Å²) >= 11 is 1.78. The highest BCUT2D eigenvalue weighted by atomic mass is 32.1. The minimum absolute atomic E-state index is 0.311. The summed E-state index contributed by atoms with van der Waals surface area (Å²) in [6.45, 7) is 4.73. The molecule has 84 valence electrons. The van der Waals surface area contributed by atoms with Crippen molar-refractivity contribution in [2.75, 3.05) is 19.8 Å². The lowest BCUT2D eigenvalue weighted by molar-refractivity contribution is 0.0757. The van der Waals surface area contributed by atoms with Crippen LogP contribution in [0.1, 0.15) is 36.5 Å². The van der Waals surface area contributed by atoms with E-state index in [2.05, 4.69) is 22.6 Å². The van der Waals surface area contributed by atoms with Gasteiger partial charge in [0.1, 0.15) is 0 Å². The molecule has 1 aliphatic rings. The lowest BCUT2D eigenvalue weighted by Gasteiger charge is -2.21. The quantitative estimate of drug-likeness (QED) is 0.854. The number of hydrogen-bond acceptors (Lipinski definition) is 4. The molecule has 0 bridgehead atoms. The second kappa shape index (κ2) is 5.58. The van der Waals surface area contributed by atoms with Gasteiger partial charge in [-0.25, -0.2) is 4.98 Å². The van der Waals surface area contributed by atoms with Crippen LogP contribution in [-0.4, -0.2) is 24.7 Å². The molecule has 2 rings (SSSR count). The van der Waals surface area contributed by atoms with Gasteiger partial charge in [-0.3, -0.25) is 0 Å². The molecule has 0 aliphatic carbocycles. The molecule has 0 spiro atoms. The van der Waals surface area contributed by atoms with Crippen molar-refractivity contribution in [2.45, 2.75) is 32.2 Å². The van der Waals surface area contributed by atoms with Crippen molar-refractivity contribution in [2.24, 2.45) is 0 Å². The zero-order valence-electron chi connectivity index (χ0n) is 9.16. The first-order valence-corrected chi connectivity index (χ1v) is 6.53. The zero-order chi connectivity index (χ0) is 10.5. The third-order valence-electron chi connectivity index (χ3n) is 2.59. The number of rotatable bonds is 4. The number of ether oxygens (including phenoxy) is 1. The van der Waals surface area contributed by atoms with Gasteiger partial charge in [0.15, 0.2) is 0 Å². The molecule has 1 aromatic heterocycles. The van der Waals surface area contributed by atoms with E-state index in [4.69, 9.17) is 4.74 Å². The number of thiazole rings is 1. The van der Waals surface area contributed by atoms with E-state index in [9.17, 15) is 0 Å². The molecule has 2 heterocycles. The third kappa shape index (κ3) is 3.00. The molecule has 4 heteroatoms. The fourth-order valence-electron chi connectivity index (χ4n) is 1.68. The van der Waals surface area contributed by atoms with Crippen LogP contribution in [0.5, 0.6) is 0 Å². The van der Waals surface area contributed by atoms with E-state index < -0.39 is 0 Å². The Morgan fingerprint density at radius 3 is 3.33 bits per heavy atom. The molecule has 1 unspecified atom stereocenters. The van der Waals surface area contributed by atoms with Crippen molar-refractivity contribution in [1.29, 1.82) is 0 Å². The number of nitrogens with one attached hydrogen (secondary N) is 1. The normalized spacial score (nSPS) is 21.8. The smallest absolute Gasteiger partial charge is 0.0928 e. The van der Waals surface area contributed by atoms with E-state index >= 15 is 0 Å². The first kappa shape index (κ1) is 11.0. The Morgan fingerprint density at radius 1 is 1.67 bits per heavy atom. The van der Waals surface area contributed by atoms with Gasteiger partial charge in [0.25, 0.3) is 0 Å². The number of hydrogen-bond donors (Lipinski definition) is 1. The number of aromatic nitrogens is 1. The molecule has 0 aromatic carbocycles. The van der Waals surface area contributed by atoms with E-state index in [0.717, 1.165) is 31.9 Å². The minimum atomic E-state index is 0.311. The molecule has 3 nitrogen and oxygen atoms in total. The molecular formula is C11H18N2OS. The average Bonchev–Trinajstić information content (AvgIpc) is 2.76. The van der Waals surface area contributed by atoms with Gasteiger partial charge in [-0.1, -0.05) is 13.3 Å². The fourth-order valence-corrected chi connectivity index (χ4v) is 2.58. The number of unbranched alkanes of at least 4 members (excludes halogenated alkanes) is 1. The Labute approximate surface area is 94.9 Å². The van der Waals surface area contributed by atoms with Crippen LogP contribution in [-0.2, 0) is 11.2 Å². The SMILES string of the molecule is CCCCc1nc(C2COCCN2)cs1. The number of morpholine rings is 1. The number of aryl methyl sites for hydroxylation is 1. The van der Waals surface area contributed by atoms with Crippen LogP contribution in [0.15, 0.2) is 5.38 Å². The van der Waals surface area contributed by atoms with Crippen LogP contribution < -0.4 is 5.32 Å². The van der Waals surface area contributed by atoms with Gasteiger partial charge in [-0.2, -0.15) is 0 Å². The van der Waals surface area contributed by atoms with Gasteiger partial charge >= 0.3 is 0 Å². The summed E-state index contributed by atoms with van der Waals surface area (Å²) in [6, 6.07) is 0.311. The molecule has 1 atom stereocenters. The van der Waals surface area contributed by atoms with Gasteiger partial charge in [-0.05, 0) is 12.8 Å². The van der Waals surface area contributed by atoms with E-state index in [-0.39, 0.29) is 0 Å². The summed E-state index contributed by atoms with van der Waals surface area (Å²) in [6.07, 6.45) is 3.59. The maximum atomic E-state index is 5.43. The molecule has 1 aromatic rings. The molecule has 1 N–H and O–H groups in total. The van der Waals surface area contributed by atoms with Crippen molar-refractivity contribution in [3.8, 4) is 0 Å². The van der Waals surface area contributed by atoms with Gasteiger partial charge in [-0.15, -0.1) is 11.3 Å². The monoisotopic (exact) mass is 226 g/mol. The summed E-state index contributed by atoms with van der Waals surface area (Å²) < 4.78 is 5.43. The Kier molecular flexibility index (Phi) is 4.11. The molecule has 15 heavy (non-hydrogen) atoms. The molecule has 1 saturated heterocycles. The number of nitrogens with zero attached hydrogens (tertiary/aromatic N) is 1. The highest BCUT2D eigenvalue weighted by Gasteiger charge is 2.17. The summed E-state index contributed by atoms with van der Waals surface area (Å²) in [5, 5.41) is 6.85. The highest BCUT2D eigenvalue weighted by molar-refractivity contribution is 7.09. The average molecular weight is 226 g/mol. The topological polar surface area (TPSA) is 34.1 Å². The van der Waals surface area contributed by atoms with Crippen LogP contribution in [0, 0.1) is 0 Å². The first-order chi connectivity index (χ1) is 7.40. The zero-order valence-corrected chi connectivity index (χ0v) is 9.98. The molecule has 0 amide bonds. The van der Waals surface area contributed by atoms with E-state index in [1.54, 1.807) is 11.3 Å². The summed E-state index contributed by atoms with van der Waals surface area (Å²) in [5.74, 6) is 0. The predicted molar refractivity (Wildman–Crippen MR) is 62.3 cm³/mol. The fraction of sp³-hybridized carbons (Fsp3) is 0.727.